The van der Waals surface area contributed by atoms with E-state index in [1.807, 2.05) is 54.6 Å². The van der Waals surface area contributed by atoms with Crippen LogP contribution in [0.2, 0.25) is 0 Å². The second-order valence-corrected chi connectivity index (χ2v) is 5.13. The second-order valence-electron chi connectivity index (χ2n) is 5.13. The Labute approximate surface area is 132 Å². The molecule has 1 N–H and O–H groups in total. The molecule has 0 amide bonds. The molecule has 0 saturated carbocycles. The van der Waals surface area contributed by atoms with E-state index in [0.717, 1.165) is 17.2 Å². The van der Waals surface area contributed by atoms with E-state index >= 15 is 0 Å². The number of hydrogen-bond acceptors (Lipinski definition) is 6. The zero-order valence-electron chi connectivity index (χ0n) is 12.3. The molecule has 0 unspecified atom stereocenters. The maximum absolute atomic E-state index is 5.91. The first-order chi connectivity index (χ1) is 11.4. The van der Waals surface area contributed by atoms with Gasteiger partial charge in [-0.25, -0.2) is 0 Å². The van der Waals surface area contributed by atoms with Crippen molar-refractivity contribution in [3.63, 3.8) is 0 Å². The molecule has 3 aromatic rings. The number of benzene rings is 2. The monoisotopic (exact) mass is 309 g/mol. The highest BCUT2D eigenvalue weighted by Crippen LogP contribution is 2.30. The van der Waals surface area contributed by atoms with Crippen molar-refractivity contribution in [2.24, 2.45) is 0 Å². The number of para-hydroxylation sites is 3. The summed E-state index contributed by atoms with van der Waals surface area (Å²) in [4.78, 5) is 0. The van der Waals surface area contributed by atoms with Crippen LogP contribution in [-0.4, -0.2) is 39.5 Å². The summed E-state index contributed by atoms with van der Waals surface area (Å²) < 4.78 is 13.3. The van der Waals surface area contributed by atoms with Crippen LogP contribution in [0.1, 0.15) is 0 Å². The number of fused-ring (bicyclic) bond motifs is 1. The number of aromatic nitrogens is 4. The second kappa shape index (κ2) is 5.96. The van der Waals surface area contributed by atoms with Crippen LogP contribution in [0.5, 0.6) is 11.5 Å². The Morgan fingerprint density at radius 1 is 1.04 bits per heavy atom. The number of nitrogens with zero attached hydrogens (tertiary/aromatic N) is 4. The first kappa shape index (κ1) is 13.6. The predicted molar refractivity (Wildman–Crippen MR) is 84.0 cm³/mol. The molecule has 0 bridgehead atoms. The molecular weight excluding hydrogens is 294 g/mol. The van der Waals surface area contributed by atoms with Crippen LogP contribution < -0.4 is 14.8 Å². The topological polar surface area (TPSA) is 74.1 Å². The standard InChI is InChI=1S/C16H15N5O2/c1-2-6-12(7-3-1)21-16(18-19-20-21)17-10-13-11-22-14-8-4-5-9-15(14)23-13/h1-9,13H,10-11H2,(H,17,18,20)/t13-/m1/s1. The fourth-order valence-electron chi connectivity index (χ4n) is 2.41. The van der Waals surface area contributed by atoms with Gasteiger partial charge >= 0.3 is 0 Å². The Hall–Kier alpha value is -3.09. The molecule has 7 heteroatoms. The summed E-state index contributed by atoms with van der Waals surface area (Å²) in [5, 5.41) is 15.0. The van der Waals surface area contributed by atoms with E-state index in [1.54, 1.807) is 4.68 Å². The van der Waals surface area contributed by atoms with E-state index in [0.29, 0.717) is 19.1 Å². The van der Waals surface area contributed by atoms with Crippen molar-refractivity contribution < 1.29 is 9.47 Å². The lowest BCUT2D eigenvalue weighted by atomic mass is 10.2. The van der Waals surface area contributed by atoms with Crippen LogP contribution in [0.15, 0.2) is 54.6 Å². The number of rotatable bonds is 4. The number of nitrogens with one attached hydrogen (secondary N) is 1. The van der Waals surface area contributed by atoms with Gasteiger partial charge in [0.1, 0.15) is 12.7 Å². The summed E-state index contributed by atoms with van der Waals surface area (Å²) >= 11 is 0. The Morgan fingerprint density at radius 3 is 2.70 bits per heavy atom. The number of tetrazole rings is 1. The van der Waals surface area contributed by atoms with Crippen LogP contribution in [0.3, 0.4) is 0 Å². The summed E-state index contributed by atoms with van der Waals surface area (Å²) in [6.07, 6.45) is -0.106. The van der Waals surface area contributed by atoms with Gasteiger partial charge in [0.15, 0.2) is 11.5 Å². The molecule has 0 radical (unpaired) electrons. The molecule has 1 atom stereocenters. The maximum atomic E-state index is 5.91. The fraction of sp³-hybridized carbons (Fsp3) is 0.188. The zero-order valence-corrected chi connectivity index (χ0v) is 12.3. The van der Waals surface area contributed by atoms with Crippen LogP contribution in [0.25, 0.3) is 5.69 Å². The highest BCUT2D eigenvalue weighted by molar-refractivity contribution is 5.41. The summed E-state index contributed by atoms with van der Waals surface area (Å²) in [7, 11) is 0. The molecule has 2 aromatic carbocycles. The van der Waals surface area contributed by atoms with E-state index in [-0.39, 0.29) is 6.10 Å². The summed E-state index contributed by atoms with van der Waals surface area (Å²) in [5.41, 5.74) is 0.895. The number of hydrogen-bond donors (Lipinski definition) is 1. The number of ether oxygens (including phenoxy) is 2. The molecule has 2 heterocycles. The van der Waals surface area contributed by atoms with Crippen molar-refractivity contribution >= 4 is 5.95 Å². The van der Waals surface area contributed by atoms with Gasteiger partial charge in [0.25, 0.3) is 0 Å². The smallest absolute Gasteiger partial charge is 0.247 e. The Morgan fingerprint density at radius 2 is 1.83 bits per heavy atom. The van der Waals surface area contributed by atoms with E-state index < -0.39 is 0 Å². The molecule has 1 aliphatic heterocycles. The van der Waals surface area contributed by atoms with Gasteiger partial charge in [-0.1, -0.05) is 35.4 Å². The van der Waals surface area contributed by atoms with Crippen LogP contribution in [0.4, 0.5) is 5.95 Å². The minimum absolute atomic E-state index is 0.106. The van der Waals surface area contributed by atoms with Gasteiger partial charge in [0.05, 0.1) is 12.2 Å². The molecule has 0 saturated heterocycles. The van der Waals surface area contributed by atoms with Crippen molar-refractivity contribution in [3.05, 3.63) is 54.6 Å². The quantitative estimate of drug-likeness (QED) is 0.793. The minimum Gasteiger partial charge on any atom is -0.486 e. The lowest BCUT2D eigenvalue weighted by molar-refractivity contribution is 0.0996. The highest BCUT2D eigenvalue weighted by Gasteiger charge is 2.21. The van der Waals surface area contributed by atoms with Gasteiger partial charge in [-0.2, -0.15) is 4.68 Å². The van der Waals surface area contributed by atoms with Gasteiger partial charge in [-0.15, -0.1) is 0 Å². The average molecular weight is 309 g/mol. The zero-order chi connectivity index (χ0) is 15.5. The van der Waals surface area contributed by atoms with Crippen molar-refractivity contribution in [2.45, 2.75) is 6.10 Å². The Bertz CT molecular complexity index is 790. The molecule has 7 nitrogen and oxygen atoms in total. The third kappa shape index (κ3) is 2.80. The van der Waals surface area contributed by atoms with Crippen molar-refractivity contribution in [1.82, 2.24) is 20.2 Å². The first-order valence-corrected chi connectivity index (χ1v) is 7.36. The third-order valence-electron chi connectivity index (χ3n) is 3.53. The van der Waals surface area contributed by atoms with Crippen molar-refractivity contribution in [2.75, 3.05) is 18.5 Å². The van der Waals surface area contributed by atoms with Gasteiger partial charge in [0.2, 0.25) is 5.95 Å². The largest absolute Gasteiger partial charge is 0.486 e. The molecular formula is C16H15N5O2. The minimum atomic E-state index is -0.106. The molecule has 1 aliphatic rings. The molecule has 0 fully saturated rings. The van der Waals surface area contributed by atoms with Crippen molar-refractivity contribution in [3.8, 4) is 17.2 Å². The van der Waals surface area contributed by atoms with E-state index in [4.69, 9.17) is 9.47 Å². The van der Waals surface area contributed by atoms with Gasteiger partial charge in [-0.3, -0.25) is 0 Å². The lowest BCUT2D eigenvalue weighted by Gasteiger charge is -2.26. The van der Waals surface area contributed by atoms with E-state index in [9.17, 15) is 0 Å². The van der Waals surface area contributed by atoms with Gasteiger partial charge in [0, 0.05) is 0 Å². The lowest BCUT2D eigenvalue weighted by Crippen LogP contribution is -2.35. The Kier molecular flexibility index (Phi) is 3.51. The maximum Gasteiger partial charge on any atom is 0.247 e. The average Bonchev–Trinajstić information content (AvgIpc) is 3.09. The predicted octanol–water partition coefficient (Wildman–Crippen LogP) is 1.91. The summed E-state index contributed by atoms with van der Waals surface area (Å²) in [5.74, 6) is 2.10. The third-order valence-corrected chi connectivity index (χ3v) is 3.53. The van der Waals surface area contributed by atoms with Gasteiger partial charge < -0.3 is 14.8 Å². The fourth-order valence-corrected chi connectivity index (χ4v) is 2.41. The molecule has 1 aromatic heterocycles. The van der Waals surface area contributed by atoms with E-state index in [1.165, 1.54) is 0 Å². The summed E-state index contributed by atoms with van der Waals surface area (Å²) in [6.45, 7) is 1.03. The molecule has 4 rings (SSSR count). The van der Waals surface area contributed by atoms with E-state index in [2.05, 4.69) is 20.8 Å². The Balaban J connectivity index is 1.44. The van der Waals surface area contributed by atoms with Crippen LogP contribution in [0, 0.1) is 0 Å². The number of anilines is 1. The van der Waals surface area contributed by atoms with Gasteiger partial charge in [-0.05, 0) is 34.7 Å². The first-order valence-electron chi connectivity index (χ1n) is 7.36. The van der Waals surface area contributed by atoms with Crippen LogP contribution >= 0.6 is 0 Å². The summed E-state index contributed by atoms with van der Waals surface area (Å²) in [6, 6.07) is 17.4. The molecule has 0 aliphatic carbocycles. The van der Waals surface area contributed by atoms with Crippen molar-refractivity contribution in [1.29, 1.82) is 0 Å². The highest BCUT2D eigenvalue weighted by atomic mass is 16.6. The van der Waals surface area contributed by atoms with Crippen LogP contribution in [-0.2, 0) is 0 Å². The molecule has 23 heavy (non-hydrogen) atoms. The molecule has 116 valence electrons. The normalized spacial score (nSPS) is 16.1. The molecule has 0 spiro atoms. The SMILES string of the molecule is c1ccc(-n2nnnc2NC[C@@H]2COc3ccccc3O2)cc1.